The molecule has 0 aliphatic rings. The van der Waals surface area contributed by atoms with E-state index < -0.39 is 13.0 Å². The molecule has 0 saturated heterocycles. The van der Waals surface area contributed by atoms with Crippen LogP contribution in [0.1, 0.15) is 12.0 Å². The molecule has 0 atom stereocenters. The van der Waals surface area contributed by atoms with Gasteiger partial charge < -0.3 is 4.74 Å². The highest BCUT2D eigenvalue weighted by Gasteiger charge is 2.08. The molecule has 1 heterocycles. The van der Waals surface area contributed by atoms with Crippen molar-refractivity contribution < 1.29 is 18.3 Å². The molecule has 0 bridgehead atoms. The molecule has 0 N–H and O–H groups in total. The van der Waals surface area contributed by atoms with Gasteiger partial charge in [0, 0.05) is 25.2 Å². The summed E-state index contributed by atoms with van der Waals surface area (Å²) in [6, 6.07) is 1.65. The van der Waals surface area contributed by atoms with Crippen LogP contribution in [0.3, 0.4) is 0 Å². The first-order chi connectivity index (χ1) is 8.09. The molecule has 0 aromatic carbocycles. The minimum absolute atomic E-state index is 0.00583. The molecule has 0 amide bonds. The fourth-order valence-electron chi connectivity index (χ4n) is 1.21. The third kappa shape index (κ3) is 5.70. The maximum absolute atomic E-state index is 11.7. The number of rotatable bonds is 7. The van der Waals surface area contributed by atoms with Crippen LogP contribution >= 0.6 is 11.6 Å². The van der Waals surface area contributed by atoms with Crippen LogP contribution in [0.25, 0.3) is 0 Å². The molecule has 0 aliphatic carbocycles. The summed E-state index contributed by atoms with van der Waals surface area (Å²) in [4.78, 5) is 15.3. The van der Waals surface area contributed by atoms with Gasteiger partial charge in [0.05, 0.1) is 11.6 Å². The standard InChI is InChI=1S/C11H12ClF2NO2/c12-10-6-15-3-1-8(10)5-9(16)2-4-17-7-11(13)14/h1,3,6,11H,2,4-5,7H2. The Morgan fingerprint density at radius 3 is 2.94 bits per heavy atom. The van der Waals surface area contributed by atoms with E-state index in [9.17, 15) is 13.6 Å². The average Bonchev–Trinajstić information content (AvgIpc) is 2.27. The maximum atomic E-state index is 11.7. The number of aromatic nitrogens is 1. The topological polar surface area (TPSA) is 39.2 Å². The number of halogens is 3. The number of carbonyl (C=O) groups excluding carboxylic acids is 1. The van der Waals surface area contributed by atoms with E-state index in [1.165, 1.54) is 6.20 Å². The molecule has 3 nitrogen and oxygen atoms in total. The minimum atomic E-state index is -2.50. The van der Waals surface area contributed by atoms with Crippen molar-refractivity contribution in [3.8, 4) is 0 Å². The number of carbonyl (C=O) groups is 1. The van der Waals surface area contributed by atoms with Crippen molar-refractivity contribution in [3.05, 3.63) is 29.0 Å². The predicted molar refractivity (Wildman–Crippen MR) is 59.4 cm³/mol. The summed E-state index contributed by atoms with van der Waals surface area (Å²) in [5, 5.41) is 0.425. The molecule has 0 radical (unpaired) electrons. The third-order valence-electron chi connectivity index (χ3n) is 2.01. The zero-order valence-corrected chi connectivity index (χ0v) is 9.79. The fourth-order valence-corrected chi connectivity index (χ4v) is 1.39. The molecule has 0 spiro atoms. The predicted octanol–water partition coefficient (Wildman–Crippen LogP) is 2.52. The number of hydrogen-bond acceptors (Lipinski definition) is 3. The fraction of sp³-hybridized carbons (Fsp3) is 0.455. The molecule has 1 aromatic heterocycles. The van der Waals surface area contributed by atoms with Crippen LogP contribution in [-0.4, -0.2) is 30.4 Å². The molecule has 94 valence electrons. The normalized spacial score (nSPS) is 10.8. The van der Waals surface area contributed by atoms with E-state index in [0.717, 1.165) is 0 Å². The highest BCUT2D eigenvalue weighted by Crippen LogP contribution is 2.14. The number of pyridine rings is 1. The van der Waals surface area contributed by atoms with Gasteiger partial charge in [-0.25, -0.2) is 8.78 Å². The lowest BCUT2D eigenvalue weighted by Crippen LogP contribution is -2.11. The van der Waals surface area contributed by atoms with Crippen molar-refractivity contribution in [1.82, 2.24) is 4.98 Å². The van der Waals surface area contributed by atoms with E-state index in [1.807, 2.05) is 0 Å². The minimum Gasteiger partial charge on any atom is -0.375 e. The van der Waals surface area contributed by atoms with Crippen molar-refractivity contribution in [2.45, 2.75) is 19.3 Å². The summed E-state index contributed by atoms with van der Waals surface area (Å²) in [6.45, 7) is -0.630. The van der Waals surface area contributed by atoms with E-state index in [1.54, 1.807) is 12.3 Å². The number of hydrogen-bond donors (Lipinski definition) is 0. The van der Waals surface area contributed by atoms with Gasteiger partial charge in [0.15, 0.2) is 0 Å². The summed E-state index contributed by atoms with van der Waals surface area (Å²) in [7, 11) is 0. The lowest BCUT2D eigenvalue weighted by molar-refractivity contribution is -0.119. The molecule has 0 aliphatic heterocycles. The largest absolute Gasteiger partial charge is 0.375 e. The van der Waals surface area contributed by atoms with Crippen molar-refractivity contribution in [1.29, 1.82) is 0 Å². The quantitative estimate of drug-likeness (QED) is 0.710. The highest BCUT2D eigenvalue weighted by atomic mass is 35.5. The van der Waals surface area contributed by atoms with Crippen molar-refractivity contribution in [2.75, 3.05) is 13.2 Å². The summed E-state index contributed by atoms with van der Waals surface area (Å²) in [6.07, 6.45) is 0.768. The van der Waals surface area contributed by atoms with Gasteiger partial charge in [-0.05, 0) is 11.6 Å². The van der Waals surface area contributed by atoms with Gasteiger partial charge in [0.2, 0.25) is 0 Å². The van der Waals surface area contributed by atoms with Gasteiger partial charge in [-0.2, -0.15) is 0 Å². The molecule has 0 saturated carbocycles. The van der Waals surface area contributed by atoms with Gasteiger partial charge in [0.25, 0.3) is 6.43 Å². The Kier molecular flexibility index (Phi) is 6.00. The summed E-state index contributed by atoms with van der Waals surface area (Å²) in [5.74, 6) is -0.104. The Balaban J connectivity index is 2.28. The second-order valence-corrected chi connectivity index (χ2v) is 3.81. The summed E-state index contributed by atoms with van der Waals surface area (Å²) >= 11 is 5.83. The highest BCUT2D eigenvalue weighted by molar-refractivity contribution is 6.31. The van der Waals surface area contributed by atoms with E-state index in [0.29, 0.717) is 10.6 Å². The van der Waals surface area contributed by atoms with E-state index in [-0.39, 0.29) is 25.2 Å². The van der Waals surface area contributed by atoms with Gasteiger partial charge in [0.1, 0.15) is 12.4 Å². The van der Waals surface area contributed by atoms with Crippen molar-refractivity contribution in [3.63, 3.8) is 0 Å². The summed E-state index contributed by atoms with van der Waals surface area (Å²) in [5.41, 5.74) is 0.681. The molecular formula is C11H12ClF2NO2. The Morgan fingerprint density at radius 1 is 1.53 bits per heavy atom. The van der Waals surface area contributed by atoms with Crippen molar-refractivity contribution in [2.24, 2.45) is 0 Å². The first kappa shape index (κ1) is 14.0. The Hall–Kier alpha value is -1.07. The van der Waals surface area contributed by atoms with E-state index >= 15 is 0 Å². The molecular weight excluding hydrogens is 252 g/mol. The lowest BCUT2D eigenvalue weighted by atomic mass is 10.1. The first-order valence-electron chi connectivity index (χ1n) is 5.05. The average molecular weight is 264 g/mol. The monoisotopic (exact) mass is 263 g/mol. The molecule has 1 aromatic rings. The molecule has 6 heteroatoms. The first-order valence-corrected chi connectivity index (χ1v) is 5.43. The third-order valence-corrected chi connectivity index (χ3v) is 2.35. The Morgan fingerprint density at radius 2 is 2.29 bits per heavy atom. The number of alkyl halides is 2. The Labute approximate surface area is 103 Å². The van der Waals surface area contributed by atoms with Crippen molar-refractivity contribution >= 4 is 17.4 Å². The lowest BCUT2D eigenvalue weighted by Gasteiger charge is -2.04. The molecule has 0 fully saturated rings. The van der Waals surface area contributed by atoms with Crippen LogP contribution < -0.4 is 0 Å². The molecule has 1 rings (SSSR count). The van der Waals surface area contributed by atoms with Gasteiger partial charge >= 0.3 is 0 Å². The van der Waals surface area contributed by atoms with Crippen LogP contribution in [0.5, 0.6) is 0 Å². The van der Waals surface area contributed by atoms with Crippen LogP contribution in [-0.2, 0) is 16.0 Å². The Bertz CT molecular complexity index is 374. The number of ketones is 1. The SMILES string of the molecule is O=C(CCOCC(F)F)Cc1ccncc1Cl. The zero-order chi connectivity index (χ0) is 12.7. The second-order valence-electron chi connectivity index (χ2n) is 3.40. The van der Waals surface area contributed by atoms with E-state index in [4.69, 9.17) is 11.6 Å². The summed E-state index contributed by atoms with van der Waals surface area (Å²) < 4.78 is 28.1. The molecule has 17 heavy (non-hydrogen) atoms. The smallest absolute Gasteiger partial charge is 0.261 e. The van der Waals surface area contributed by atoms with Gasteiger partial charge in [-0.15, -0.1) is 0 Å². The molecule has 0 unspecified atom stereocenters. The van der Waals surface area contributed by atoms with Gasteiger partial charge in [-0.3, -0.25) is 9.78 Å². The van der Waals surface area contributed by atoms with Gasteiger partial charge in [-0.1, -0.05) is 11.6 Å². The van der Waals surface area contributed by atoms with Crippen LogP contribution in [0, 0.1) is 0 Å². The number of ether oxygens (including phenoxy) is 1. The van der Waals surface area contributed by atoms with Crippen LogP contribution in [0.4, 0.5) is 8.78 Å². The number of nitrogens with zero attached hydrogens (tertiary/aromatic N) is 1. The maximum Gasteiger partial charge on any atom is 0.261 e. The van der Waals surface area contributed by atoms with Crippen LogP contribution in [0.15, 0.2) is 18.5 Å². The number of Topliss-reactive ketones (excluding diaryl/α,β-unsaturated/α-hetero) is 1. The second kappa shape index (κ2) is 7.29. The van der Waals surface area contributed by atoms with Crippen LogP contribution in [0.2, 0.25) is 5.02 Å². The van der Waals surface area contributed by atoms with E-state index in [2.05, 4.69) is 9.72 Å². The zero-order valence-electron chi connectivity index (χ0n) is 9.04.